The molecule has 114 valence electrons. The summed E-state index contributed by atoms with van der Waals surface area (Å²) in [6, 6.07) is 0. The van der Waals surface area contributed by atoms with E-state index >= 15 is 0 Å². The monoisotopic (exact) mass is 314 g/mol. The molecule has 0 aliphatic carbocycles. The molecule has 1 N–H and O–H groups in total. The number of hydrogen-bond acceptors (Lipinski definition) is 2. The van der Waals surface area contributed by atoms with Crippen LogP contribution in [-0.4, -0.2) is 40.9 Å². The smallest absolute Gasteiger partial charge is 0.352 e. The first kappa shape index (κ1) is 16.2. The van der Waals surface area contributed by atoms with E-state index in [-0.39, 0.29) is 0 Å². The van der Waals surface area contributed by atoms with Crippen molar-refractivity contribution in [2.45, 2.75) is 35.8 Å². The summed E-state index contributed by atoms with van der Waals surface area (Å²) < 4.78 is 138. The fourth-order valence-corrected chi connectivity index (χ4v) is 1.15. The zero-order chi connectivity index (χ0) is 15.7. The van der Waals surface area contributed by atoms with Gasteiger partial charge in [0, 0.05) is 0 Å². The molecular formula is C6HF11O2. The Morgan fingerprint density at radius 1 is 0.737 bits per heavy atom. The molecule has 0 aromatic carbocycles. The molecule has 2 nitrogen and oxygen atoms in total. The van der Waals surface area contributed by atoms with Crippen molar-refractivity contribution in [1.82, 2.24) is 0 Å². The normalized spacial score (nSPS) is 41.1. The standard InChI is InChI=1S/C6HF11O2/c7-1(8)2(9,10)6(16,17)19-4(12,3(1,11)18)5(13,14)15/h18H. The summed E-state index contributed by atoms with van der Waals surface area (Å²) in [4.78, 5) is 0. The van der Waals surface area contributed by atoms with E-state index in [1.165, 1.54) is 0 Å². The van der Waals surface area contributed by atoms with E-state index in [9.17, 15) is 48.3 Å². The third-order valence-corrected chi connectivity index (χ3v) is 2.24. The summed E-state index contributed by atoms with van der Waals surface area (Å²) in [5.41, 5.74) is 0. The lowest BCUT2D eigenvalue weighted by Gasteiger charge is -2.49. The van der Waals surface area contributed by atoms with Gasteiger partial charge in [-0.1, -0.05) is 0 Å². The predicted octanol–water partition coefficient (Wildman–Crippen LogP) is 2.77. The average Bonchev–Trinajstić information content (AvgIpc) is 2.12. The van der Waals surface area contributed by atoms with Gasteiger partial charge in [-0.2, -0.15) is 48.3 Å². The number of rotatable bonds is 0. The molecule has 0 spiro atoms. The van der Waals surface area contributed by atoms with Crippen LogP contribution in [0.3, 0.4) is 0 Å². The number of hydrogen-bond donors (Lipinski definition) is 1. The second-order valence-electron chi connectivity index (χ2n) is 3.48. The van der Waals surface area contributed by atoms with Crippen molar-refractivity contribution in [2.75, 3.05) is 0 Å². The van der Waals surface area contributed by atoms with Crippen molar-refractivity contribution in [3.05, 3.63) is 0 Å². The summed E-state index contributed by atoms with van der Waals surface area (Å²) in [5, 5.41) is 8.07. The van der Waals surface area contributed by atoms with E-state index in [4.69, 9.17) is 5.11 Å². The number of ether oxygens (including phenoxy) is 1. The van der Waals surface area contributed by atoms with Crippen LogP contribution in [0.25, 0.3) is 0 Å². The summed E-state index contributed by atoms with van der Waals surface area (Å²) in [5.74, 6) is -27.6. The molecule has 0 aromatic rings. The maximum Gasteiger partial charge on any atom is 0.455 e. The molecule has 1 fully saturated rings. The first-order valence-electron chi connectivity index (χ1n) is 3.96. The Balaban J connectivity index is 3.60. The number of halogens is 11. The predicted molar refractivity (Wildman–Crippen MR) is 31.9 cm³/mol. The van der Waals surface area contributed by atoms with Gasteiger partial charge in [-0.25, -0.2) is 0 Å². The van der Waals surface area contributed by atoms with Crippen molar-refractivity contribution < 1.29 is 58.1 Å². The molecular weight excluding hydrogens is 313 g/mol. The third kappa shape index (κ3) is 1.57. The summed E-state index contributed by atoms with van der Waals surface area (Å²) in [6.07, 6.45) is -13.7. The lowest BCUT2D eigenvalue weighted by atomic mass is 9.91. The molecule has 19 heavy (non-hydrogen) atoms. The van der Waals surface area contributed by atoms with Crippen LogP contribution < -0.4 is 0 Å². The van der Waals surface area contributed by atoms with Gasteiger partial charge in [0.25, 0.3) is 0 Å². The van der Waals surface area contributed by atoms with Gasteiger partial charge in [0.2, 0.25) is 0 Å². The van der Waals surface area contributed by atoms with Crippen LogP contribution in [0.4, 0.5) is 48.3 Å². The highest BCUT2D eigenvalue weighted by atomic mass is 19.4. The second-order valence-corrected chi connectivity index (χ2v) is 3.48. The van der Waals surface area contributed by atoms with Gasteiger partial charge in [0.1, 0.15) is 0 Å². The first-order valence-corrected chi connectivity index (χ1v) is 3.96. The minimum Gasteiger partial charge on any atom is -0.352 e. The fourth-order valence-electron chi connectivity index (χ4n) is 1.15. The van der Waals surface area contributed by atoms with E-state index in [1.54, 1.807) is 0 Å². The molecule has 1 heterocycles. The molecule has 13 heteroatoms. The SMILES string of the molecule is OC1(F)C(F)(F)C(F)(F)C(F)(F)OC1(F)C(F)(F)F. The molecule has 0 radical (unpaired) electrons. The Kier molecular flexibility index (Phi) is 2.92. The lowest BCUT2D eigenvalue weighted by molar-refractivity contribution is -0.578. The lowest BCUT2D eigenvalue weighted by Crippen LogP contribution is -2.80. The minimum atomic E-state index is -7.12. The van der Waals surface area contributed by atoms with Crippen LogP contribution in [0, 0.1) is 0 Å². The zero-order valence-electron chi connectivity index (χ0n) is 8.01. The Morgan fingerprint density at radius 2 is 1.11 bits per heavy atom. The van der Waals surface area contributed by atoms with Crippen molar-refractivity contribution in [3.63, 3.8) is 0 Å². The largest absolute Gasteiger partial charge is 0.455 e. The van der Waals surface area contributed by atoms with E-state index in [1.807, 2.05) is 4.74 Å². The fraction of sp³-hybridized carbons (Fsp3) is 1.00. The molecule has 2 atom stereocenters. The number of alkyl halides is 11. The Hall–Kier alpha value is -0.850. The van der Waals surface area contributed by atoms with Crippen LogP contribution in [0.2, 0.25) is 0 Å². The van der Waals surface area contributed by atoms with Gasteiger partial charge in [0.15, 0.2) is 0 Å². The van der Waals surface area contributed by atoms with Crippen LogP contribution in [0.15, 0.2) is 0 Å². The van der Waals surface area contributed by atoms with Crippen LogP contribution in [0.5, 0.6) is 0 Å². The number of aliphatic hydroxyl groups is 1. The van der Waals surface area contributed by atoms with Gasteiger partial charge in [0.05, 0.1) is 0 Å². The van der Waals surface area contributed by atoms with E-state index in [0.29, 0.717) is 0 Å². The van der Waals surface area contributed by atoms with Gasteiger partial charge in [-0.3, -0.25) is 4.74 Å². The van der Waals surface area contributed by atoms with Crippen LogP contribution in [-0.2, 0) is 4.74 Å². The topological polar surface area (TPSA) is 29.5 Å². The maximum absolute atomic E-state index is 12.9. The van der Waals surface area contributed by atoms with E-state index in [2.05, 4.69) is 0 Å². The Labute approximate surface area is 95.3 Å². The summed E-state index contributed by atoms with van der Waals surface area (Å²) in [7, 11) is 0. The van der Waals surface area contributed by atoms with Gasteiger partial charge in [-0.15, -0.1) is 0 Å². The molecule has 1 aliphatic rings. The Morgan fingerprint density at radius 3 is 1.42 bits per heavy atom. The zero-order valence-corrected chi connectivity index (χ0v) is 8.01. The van der Waals surface area contributed by atoms with E-state index in [0.717, 1.165) is 0 Å². The van der Waals surface area contributed by atoms with Crippen molar-refractivity contribution in [3.8, 4) is 0 Å². The summed E-state index contributed by atoms with van der Waals surface area (Å²) in [6.45, 7) is 0. The molecule has 0 aromatic heterocycles. The molecule has 1 aliphatic heterocycles. The van der Waals surface area contributed by atoms with E-state index < -0.39 is 35.8 Å². The van der Waals surface area contributed by atoms with Gasteiger partial charge >= 0.3 is 35.8 Å². The minimum absolute atomic E-state index is 1.81. The average molecular weight is 314 g/mol. The summed E-state index contributed by atoms with van der Waals surface area (Å²) >= 11 is 0. The van der Waals surface area contributed by atoms with Crippen LogP contribution >= 0.6 is 0 Å². The highest BCUT2D eigenvalue weighted by Crippen LogP contribution is 2.64. The molecule has 0 saturated carbocycles. The molecule has 0 bridgehead atoms. The van der Waals surface area contributed by atoms with Crippen molar-refractivity contribution in [2.24, 2.45) is 0 Å². The van der Waals surface area contributed by atoms with Gasteiger partial charge in [-0.05, 0) is 0 Å². The molecule has 2 unspecified atom stereocenters. The van der Waals surface area contributed by atoms with Crippen molar-refractivity contribution in [1.29, 1.82) is 0 Å². The highest BCUT2D eigenvalue weighted by molar-refractivity contribution is 5.13. The third-order valence-electron chi connectivity index (χ3n) is 2.24. The van der Waals surface area contributed by atoms with Crippen LogP contribution in [0.1, 0.15) is 0 Å². The highest BCUT2D eigenvalue weighted by Gasteiger charge is 2.96. The second kappa shape index (κ2) is 3.42. The Bertz CT molecular complexity index is 385. The molecule has 1 rings (SSSR count). The quantitative estimate of drug-likeness (QED) is 0.697. The molecule has 0 amide bonds. The maximum atomic E-state index is 12.9. The first-order chi connectivity index (χ1) is 7.96. The van der Waals surface area contributed by atoms with Crippen molar-refractivity contribution >= 4 is 0 Å². The van der Waals surface area contributed by atoms with Gasteiger partial charge < -0.3 is 5.11 Å². The molecule has 1 saturated heterocycles.